The molecule has 150 valence electrons. The van der Waals surface area contributed by atoms with E-state index in [1.165, 1.54) is 41.2 Å². The summed E-state index contributed by atoms with van der Waals surface area (Å²) in [5.41, 5.74) is 2.34. The summed E-state index contributed by atoms with van der Waals surface area (Å²) in [6.45, 7) is 2.06. The second kappa shape index (κ2) is 8.26. The topological polar surface area (TPSA) is 111 Å². The molecular formula is C21H16N4O4S. The lowest BCUT2D eigenvalue weighted by molar-refractivity contribution is -0.384. The zero-order chi connectivity index (χ0) is 21.1. The number of fused-ring (bicyclic) bond motifs is 1. The first kappa shape index (κ1) is 19.5. The summed E-state index contributed by atoms with van der Waals surface area (Å²) in [7, 11) is 0. The fourth-order valence-corrected chi connectivity index (χ4v) is 3.37. The second-order valence-electron chi connectivity index (χ2n) is 6.37. The van der Waals surface area contributed by atoms with E-state index >= 15 is 0 Å². The van der Waals surface area contributed by atoms with Crippen LogP contribution in [-0.4, -0.2) is 15.8 Å². The maximum absolute atomic E-state index is 12.9. The maximum atomic E-state index is 12.9. The molecular weight excluding hydrogens is 404 g/mol. The van der Waals surface area contributed by atoms with Gasteiger partial charge in [0.1, 0.15) is 11.1 Å². The van der Waals surface area contributed by atoms with Crippen LogP contribution in [0.2, 0.25) is 0 Å². The van der Waals surface area contributed by atoms with Crippen molar-refractivity contribution >= 4 is 44.7 Å². The summed E-state index contributed by atoms with van der Waals surface area (Å²) >= 11 is 1.28. The van der Waals surface area contributed by atoms with Crippen molar-refractivity contribution in [3.05, 3.63) is 86.9 Å². The monoisotopic (exact) mass is 420 g/mol. The molecule has 0 bridgehead atoms. The molecule has 1 N–H and O–H groups in total. The Bertz CT molecular complexity index is 1300. The standard InChI is InChI=1S/C21H16N4O4S/c1-2-13-3-5-15(6-4-13)23-20-17(19(26)24-21-22-9-10-30-21)12-14-11-16(25(27)28)7-8-18(14)29-20/h3-12H,2H2,1H3,(H,22,24,26). The number of hydrogen-bond acceptors (Lipinski definition) is 7. The molecule has 0 saturated heterocycles. The van der Waals surface area contributed by atoms with Crippen LogP contribution in [0.5, 0.6) is 0 Å². The van der Waals surface area contributed by atoms with Gasteiger partial charge in [-0.05, 0) is 36.2 Å². The predicted octanol–water partition coefficient (Wildman–Crippen LogP) is 4.84. The average Bonchev–Trinajstić information content (AvgIpc) is 3.26. The molecule has 0 aliphatic rings. The van der Waals surface area contributed by atoms with E-state index in [9.17, 15) is 14.9 Å². The third kappa shape index (κ3) is 4.11. The van der Waals surface area contributed by atoms with E-state index in [1.807, 2.05) is 24.3 Å². The smallest absolute Gasteiger partial charge is 0.270 e. The van der Waals surface area contributed by atoms with Crippen molar-refractivity contribution in [1.29, 1.82) is 0 Å². The molecule has 0 atom stereocenters. The number of carbonyl (C=O) groups is 1. The Hall–Kier alpha value is -3.85. The van der Waals surface area contributed by atoms with Crippen LogP contribution in [0.25, 0.3) is 11.0 Å². The molecule has 0 aliphatic carbocycles. The number of hydrogen-bond donors (Lipinski definition) is 1. The van der Waals surface area contributed by atoms with E-state index in [4.69, 9.17) is 4.42 Å². The van der Waals surface area contributed by atoms with Crippen molar-refractivity contribution < 1.29 is 14.1 Å². The Kier molecular flexibility index (Phi) is 5.36. The highest BCUT2D eigenvalue weighted by Gasteiger charge is 2.16. The Morgan fingerprint density at radius 1 is 1.23 bits per heavy atom. The van der Waals surface area contributed by atoms with Gasteiger partial charge in [-0.15, -0.1) is 11.3 Å². The van der Waals surface area contributed by atoms with Gasteiger partial charge in [-0.2, -0.15) is 0 Å². The van der Waals surface area contributed by atoms with Gasteiger partial charge in [-0.25, -0.2) is 9.98 Å². The summed E-state index contributed by atoms with van der Waals surface area (Å²) in [6.07, 6.45) is 2.48. The second-order valence-corrected chi connectivity index (χ2v) is 7.26. The highest BCUT2D eigenvalue weighted by atomic mass is 32.1. The third-order valence-corrected chi connectivity index (χ3v) is 5.10. The highest BCUT2D eigenvalue weighted by molar-refractivity contribution is 7.13. The molecule has 0 saturated carbocycles. The Labute approximate surface area is 174 Å². The van der Waals surface area contributed by atoms with Gasteiger partial charge in [0.25, 0.3) is 11.6 Å². The van der Waals surface area contributed by atoms with Crippen molar-refractivity contribution in [2.45, 2.75) is 13.3 Å². The maximum Gasteiger partial charge on any atom is 0.270 e. The summed E-state index contributed by atoms with van der Waals surface area (Å²) in [6, 6.07) is 13.3. The van der Waals surface area contributed by atoms with E-state index in [1.54, 1.807) is 11.6 Å². The number of thiazole rings is 1. The molecule has 30 heavy (non-hydrogen) atoms. The molecule has 4 rings (SSSR count). The van der Waals surface area contributed by atoms with E-state index in [2.05, 4.69) is 22.2 Å². The molecule has 9 heteroatoms. The zero-order valence-electron chi connectivity index (χ0n) is 15.9. The SMILES string of the molecule is CCc1ccc(N=c2oc3ccc([N+](=O)[O-])cc3cc2C(=O)Nc2nccs2)cc1. The molecule has 2 aromatic carbocycles. The van der Waals surface area contributed by atoms with Gasteiger partial charge >= 0.3 is 0 Å². The molecule has 8 nitrogen and oxygen atoms in total. The molecule has 1 amide bonds. The van der Waals surface area contributed by atoms with Crippen molar-refractivity contribution in [3.8, 4) is 0 Å². The van der Waals surface area contributed by atoms with Gasteiger partial charge in [0.2, 0.25) is 5.55 Å². The third-order valence-electron chi connectivity index (χ3n) is 4.41. The van der Waals surface area contributed by atoms with Gasteiger partial charge in [0.05, 0.1) is 10.6 Å². The number of nitrogens with one attached hydrogen (secondary N) is 1. The van der Waals surface area contributed by atoms with Gasteiger partial charge in [0.15, 0.2) is 5.13 Å². The van der Waals surface area contributed by atoms with Crippen LogP contribution in [0, 0.1) is 10.1 Å². The van der Waals surface area contributed by atoms with Crippen LogP contribution in [0.15, 0.2) is 69.5 Å². The van der Waals surface area contributed by atoms with E-state index < -0.39 is 10.8 Å². The minimum atomic E-state index is -0.498. The van der Waals surface area contributed by atoms with Crippen LogP contribution >= 0.6 is 11.3 Å². The molecule has 2 heterocycles. The van der Waals surface area contributed by atoms with Gasteiger partial charge in [-0.1, -0.05) is 19.1 Å². The molecule has 0 unspecified atom stereocenters. The van der Waals surface area contributed by atoms with Crippen LogP contribution in [0.4, 0.5) is 16.5 Å². The Morgan fingerprint density at radius 2 is 2.03 bits per heavy atom. The number of carbonyl (C=O) groups excluding carboxylic acids is 1. The number of amides is 1. The Balaban J connectivity index is 1.86. The number of aromatic nitrogens is 1. The van der Waals surface area contributed by atoms with Crippen molar-refractivity contribution in [1.82, 2.24) is 4.98 Å². The predicted molar refractivity (Wildman–Crippen MR) is 114 cm³/mol. The zero-order valence-corrected chi connectivity index (χ0v) is 16.7. The van der Waals surface area contributed by atoms with E-state index in [0.29, 0.717) is 21.8 Å². The summed E-state index contributed by atoms with van der Waals surface area (Å²) in [4.78, 5) is 32.0. The van der Waals surface area contributed by atoms with Crippen LogP contribution in [0.3, 0.4) is 0 Å². The number of nitro benzene ring substituents is 1. The van der Waals surface area contributed by atoms with Crippen LogP contribution < -0.4 is 10.9 Å². The fourth-order valence-electron chi connectivity index (χ4n) is 2.85. The summed E-state index contributed by atoms with van der Waals surface area (Å²) in [5.74, 6) is -0.467. The average molecular weight is 420 g/mol. The lowest BCUT2D eigenvalue weighted by atomic mass is 10.1. The lowest BCUT2D eigenvalue weighted by Gasteiger charge is -2.05. The molecule has 0 spiro atoms. The molecule has 2 aromatic heterocycles. The minimum absolute atomic E-state index is 0.0937. The first-order chi connectivity index (χ1) is 14.5. The Morgan fingerprint density at radius 3 is 2.70 bits per heavy atom. The number of benzene rings is 2. The van der Waals surface area contributed by atoms with Crippen molar-refractivity contribution in [3.63, 3.8) is 0 Å². The van der Waals surface area contributed by atoms with E-state index in [-0.39, 0.29) is 16.8 Å². The largest absolute Gasteiger partial charge is 0.438 e. The van der Waals surface area contributed by atoms with Crippen LogP contribution in [0.1, 0.15) is 22.8 Å². The number of aryl methyl sites for hydroxylation is 1. The first-order valence-electron chi connectivity index (χ1n) is 9.10. The quantitative estimate of drug-likeness (QED) is 0.367. The molecule has 4 aromatic rings. The van der Waals surface area contributed by atoms with Gasteiger partial charge in [0, 0.05) is 29.1 Å². The summed E-state index contributed by atoms with van der Waals surface area (Å²) < 4.78 is 5.86. The number of anilines is 1. The van der Waals surface area contributed by atoms with E-state index in [0.717, 1.165) is 6.42 Å². The first-order valence-corrected chi connectivity index (χ1v) is 9.98. The summed E-state index contributed by atoms with van der Waals surface area (Å²) in [5, 5.41) is 16.4. The lowest BCUT2D eigenvalue weighted by Crippen LogP contribution is -2.21. The van der Waals surface area contributed by atoms with Crippen LogP contribution in [-0.2, 0) is 6.42 Å². The van der Waals surface area contributed by atoms with Crippen molar-refractivity contribution in [2.24, 2.45) is 4.99 Å². The molecule has 0 radical (unpaired) electrons. The normalized spacial score (nSPS) is 11.6. The number of nitro groups is 1. The molecule has 0 aliphatic heterocycles. The minimum Gasteiger partial charge on any atom is -0.438 e. The van der Waals surface area contributed by atoms with Crippen molar-refractivity contribution in [2.75, 3.05) is 5.32 Å². The number of rotatable bonds is 5. The van der Waals surface area contributed by atoms with Gasteiger partial charge in [-0.3, -0.25) is 20.2 Å². The number of nitrogens with zero attached hydrogens (tertiary/aromatic N) is 3. The number of non-ortho nitro benzene ring substituents is 1. The highest BCUT2D eigenvalue weighted by Crippen LogP contribution is 2.22. The molecule has 0 fully saturated rings. The van der Waals surface area contributed by atoms with Gasteiger partial charge < -0.3 is 4.42 Å². The fraction of sp³-hybridized carbons (Fsp3) is 0.0952.